The van der Waals surface area contributed by atoms with Crippen molar-refractivity contribution in [1.82, 2.24) is 4.90 Å². The fourth-order valence-corrected chi connectivity index (χ4v) is 3.87. The van der Waals surface area contributed by atoms with Gasteiger partial charge in [-0.1, -0.05) is 12.1 Å². The molecule has 26 heavy (non-hydrogen) atoms. The van der Waals surface area contributed by atoms with Crippen LogP contribution in [0.25, 0.3) is 11.1 Å². The molecule has 0 bridgehead atoms. The largest absolute Gasteiger partial charge is 0.496 e. The minimum atomic E-state index is -0.0530. The molecule has 0 radical (unpaired) electrons. The lowest BCUT2D eigenvalue weighted by Gasteiger charge is -2.34. The van der Waals surface area contributed by atoms with Gasteiger partial charge in [-0.15, -0.1) is 0 Å². The Labute approximate surface area is 155 Å². The van der Waals surface area contributed by atoms with Crippen LogP contribution in [0.4, 0.5) is 0 Å². The normalized spacial score (nSPS) is 17.2. The molecule has 1 aliphatic heterocycles. The van der Waals surface area contributed by atoms with E-state index in [1.54, 1.807) is 7.11 Å². The molecule has 1 heterocycles. The molecule has 0 saturated carbocycles. The maximum absolute atomic E-state index is 12.8. The molecule has 3 rings (SSSR count). The monoisotopic (exact) mass is 353 g/mol. The summed E-state index contributed by atoms with van der Waals surface area (Å²) in [5.74, 6) is 0.929. The predicted molar refractivity (Wildman–Crippen MR) is 104 cm³/mol. The highest BCUT2D eigenvalue weighted by Gasteiger charge is 2.26. The first kappa shape index (κ1) is 18.5. The maximum atomic E-state index is 12.8. The average Bonchev–Trinajstić information content (AvgIpc) is 2.67. The van der Waals surface area contributed by atoms with Crippen LogP contribution < -0.4 is 4.74 Å². The number of ether oxygens (including phenoxy) is 1. The Hall–Kier alpha value is -2.33. The zero-order chi connectivity index (χ0) is 18.7. The lowest BCUT2D eigenvalue weighted by atomic mass is 9.97. The number of aliphatic hydroxyl groups is 1. The second-order valence-electron chi connectivity index (χ2n) is 7.05. The molecular formula is C22H27NO3. The minimum Gasteiger partial charge on any atom is -0.496 e. The zero-order valence-electron chi connectivity index (χ0n) is 15.8. The Morgan fingerprint density at radius 1 is 1.12 bits per heavy atom. The van der Waals surface area contributed by atoms with Crippen LogP contribution >= 0.6 is 0 Å². The molecule has 1 N–H and O–H groups in total. The van der Waals surface area contributed by atoms with Gasteiger partial charge in [0, 0.05) is 12.1 Å². The molecule has 0 spiro atoms. The van der Waals surface area contributed by atoms with Gasteiger partial charge in [0.05, 0.1) is 19.8 Å². The Morgan fingerprint density at radius 2 is 1.77 bits per heavy atom. The zero-order valence-corrected chi connectivity index (χ0v) is 15.8. The first-order chi connectivity index (χ1) is 12.5. The molecule has 138 valence electrons. The number of piperidine rings is 1. The molecule has 2 aromatic rings. The molecule has 1 saturated heterocycles. The minimum absolute atomic E-state index is 0.0115. The quantitative estimate of drug-likeness (QED) is 0.905. The van der Waals surface area contributed by atoms with Crippen molar-refractivity contribution in [3.63, 3.8) is 0 Å². The number of hydrogen-bond acceptors (Lipinski definition) is 3. The number of nitrogens with zero attached hydrogens (tertiary/aromatic N) is 1. The van der Waals surface area contributed by atoms with E-state index < -0.39 is 0 Å². The highest BCUT2D eigenvalue weighted by atomic mass is 16.5. The summed E-state index contributed by atoms with van der Waals surface area (Å²) in [4.78, 5) is 14.6. The van der Waals surface area contributed by atoms with E-state index in [1.165, 1.54) is 0 Å². The van der Waals surface area contributed by atoms with Gasteiger partial charge in [0.2, 0.25) is 0 Å². The SMILES string of the molecule is COc1c(C)cc(-c2ccc(C(=O)N3CCCC[C@H]3CO)cc2)cc1C. The molecular weight excluding hydrogens is 326 g/mol. The summed E-state index contributed by atoms with van der Waals surface area (Å²) in [6, 6.07) is 11.9. The first-order valence-corrected chi connectivity index (χ1v) is 9.22. The summed E-state index contributed by atoms with van der Waals surface area (Å²) in [6.07, 6.45) is 2.96. The van der Waals surface area contributed by atoms with Crippen LogP contribution in [0.3, 0.4) is 0 Å². The molecule has 0 unspecified atom stereocenters. The van der Waals surface area contributed by atoms with Crippen LogP contribution in [0, 0.1) is 13.8 Å². The number of rotatable bonds is 4. The van der Waals surface area contributed by atoms with Crippen molar-refractivity contribution in [2.24, 2.45) is 0 Å². The van der Waals surface area contributed by atoms with E-state index in [9.17, 15) is 9.90 Å². The molecule has 4 nitrogen and oxygen atoms in total. The first-order valence-electron chi connectivity index (χ1n) is 9.22. The molecule has 1 atom stereocenters. The predicted octanol–water partition coefficient (Wildman–Crippen LogP) is 3.97. The van der Waals surface area contributed by atoms with Gasteiger partial charge in [0.15, 0.2) is 0 Å². The molecule has 1 amide bonds. The number of benzene rings is 2. The van der Waals surface area contributed by atoms with Crippen LogP contribution in [0.15, 0.2) is 36.4 Å². The summed E-state index contributed by atoms with van der Waals surface area (Å²) >= 11 is 0. The number of hydrogen-bond donors (Lipinski definition) is 1. The van der Waals surface area contributed by atoms with Crippen LogP contribution in [-0.2, 0) is 0 Å². The molecule has 1 fully saturated rings. The molecule has 1 aliphatic rings. The van der Waals surface area contributed by atoms with E-state index in [4.69, 9.17) is 4.74 Å². The smallest absolute Gasteiger partial charge is 0.254 e. The number of likely N-dealkylation sites (tertiary alicyclic amines) is 1. The fourth-order valence-electron chi connectivity index (χ4n) is 3.87. The number of amides is 1. The van der Waals surface area contributed by atoms with Crippen molar-refractivity contribution in [3.8, 4) is 16.9 Å². The van der Waals surface area contributed by atoms with Crippen LogP contribution in [0.2, 0.25) is 0 Å². The number of carbonyl (C=O) groups is 1. The van der Waals surface area contributed by atoms with E-state index in [1.807, 2.05) is 43.0 Å². The van der Waals surface area contributed by atoms with Gasteiger partial charge in [0.25, 0.3) is 5.91 Å². The van der Waals surface area contributed by atoms with Crippen LogP contribution in [-0.4, -0.2) is 42.2 Å². The van der Waals surface area contributed by atoms with Crippen molar-refractivity contribution < 1.29 is 14.6 Å². The summed E-state index contributed by atoms with van der Waals surface area (Å²) in [7, 11) is 1.69. The fraction of sp³-hybridized carbons (Fsp3) is 0.409. The van der Waals surface area contributed by atoms with Gasteiger partial charge < -0.3 is 14.7 Å². The maximum Gasteiger partial charge on any atom is 0.254 e. The van der Waals surface area contributed by atoms with Crippen molar-refractivity contribution in [2.45, 2.75) is 39.2 Å². The third kappa shape index (κ3) is 3.61. The van der Waals surface area contributed by atoms with E-state index in [2.05, 4.69) is 12.1 Å². The van der Waals surface area contributed by atoms with E-state index >= 15 is 0 Å². The number of carbonyl (C=O) groups excluding carboxylic acids is 1. The number of aryl methyl sites for hydroxylation is 2. The molecule has 4 heteroatoms. The highest BCUT2D eigenvalue weighted by molar-refractivity contribution is 5.95. The second kappa shape index (κ2) is 7.92. The van der Waals surface area contributed by atoms with Gasteiger partial charge in [-0.25, -0.2) is 0 Å². The van der Waals surface area contributed by atoms with Gasteiger partial charge in [-0.3, -0.25) is 4.79 Å². The highest BCUT2D eigenvalue weighted by Crippen LogP contribution is 2.30. The summed E-state index contributed by atoms with van der Waals surface area (Å²) in [5, 5.41) is 9.54. The van der Waals surface area contributed by atoms with Gasteiger partial charge in [0.1, 0.15) is 5.75 Å². The molecule has 2 aromatic carbocycles. The molecule has 0 aromatic heterocycles. The average molecular weight is 353 g/mol. The van der Waals surface area contributed by atoms with Crippen molar-refractivity contribution >= 4 is 5.91 Å². The standard InChI is InChI=1S/C22H27NO3/c1-15-12-19(13-16(2)21(15)26-3)17-7-9-18(10-8-17)22(25)23-11-5-4-6-20(23)14-24/h7-10,12-13,20,24H,4-6,11,14H2,1-3H3/t20-/m0/s1. The van der Waals surface area contributed by atoms with Crippen molar-refractivity contribution in [2.75, 3.05) is 20.3 Å². The topological polar surface area (TPSA) is 49.8 Å². The van der Waals surface area contributed by atoms with Gasteiger partial charge >= 0.3 is 0 Å². The van der Waals surface area contributed by atoms with Crippen molar-refractivity contribution in [1.29, 1.82) is 0 Å². The Morgan fingerprint density at radius 3 is 2.35 bits per heavy atom. The molecule has 0 aliphatic carbocycles. The lowest BCUT2D eigenvalue weighted by Crippen LogP contribution is -2.45. The van der Waals surface area contributed by atoms with Crippen molar-refractivity contribution in [3.05, 3.63) is 53.1 Å². The third-order valence-electron chi connectivity index (χ3n) is 5.23. The van der Waals surface area contributed by atoms with E-state index in [0.717, 1.165) is 53.8 Å². The summed E-state index contributed by atoms with van der Waals surface area (Å²) < 4.78 is 5.43. The Bertz CT molecular complexity index is 759. The third-order valence-corrected chi connectivity index (χ3v) is 5.23. The number of methoxy groups -OCH3 is 1. The Kier molecular flexibility index (Phi) is 5.62. The summed E-state index contributed by atoms with van der Waals surface area (Å²) in [5.41, 5.74) is 5.07. The second-order valence-corrected chi connectivity index (χ2v) is 7.05. The number of aliphatic hydroxyl groups excluding tert-OH is 1. The lowest BCUT2D eigenvalue weighted by molar-refractivity contribution is 0.0503. The van der Waals surface area contributed by atoms with Gasteiger partial charge in [-0.2, -0.15) is 0 Å². The van der Waals surface area contributed by atoms with Crippen LogP contribution in [0.5, 0.6) is 5.75 Å². The van der Waals surface area contributed by atoms with Crippen LogP contribution in [0.1, 0.15) is 40.7 Å². The van der Waals surface area contributed by atoms with E-state index in [-0.39, 0.29) is 18.6 Å². The van der Waals surface area contributed by atoms with E-state index in [0.29, 0.717) is 5.56 Å². The Balaban J connectivity index is 1.83. The van der Waals surface area contributed by atoms with Gasteiger partial charge in [-0.05, 0) is 79.6 Å². The summed E-state index contributed by atoms with van der Waals surface area (Å²) in [6.45, 7) is 4.84.